The predicted octanol–water partition coefficient (Wildman–Crippen LogP) is 1.66. The van der Waals surface area contributed by atoms with Crippen molar-refractivity contribution in [3.05, 3.63) is 46.8 Å². The van der Waals surface area contributed by atoms with Crippen molar-refractivity contribution < 1.29 is 18.4 Å². The van der Waals surface area contributed by atoms with Crippen molar-refractivity contribution in [3.63, 3.8) is 0 Å². The lowest BCUT2D eigenvalue weighted by atomic mass is 10.1. The lowest BCUT2D eigenvalue weighted by Gasteiger charge is -2.16. The normalized spacial score (nSPS) is 23.1. The van der Waals surface area contributed by atoms with Crippen molar-refractivity contribution >= 4 is 21.4 Å². The summed E-state index contributed by atoms with van der Waals surface area (Å²) in [5.74, 6) is -0.430. The summed E-state index contributed by atoms with van der Waals surface area (Å²) >= 11 is 0. The van der Waals surface area contributed by atoms with Crippen LogP contribution in [0.5, 0.6) is 5.88 Å². The molecule has 0 spiro atoms. The van der Waals surface area contributed by atoms with Crippen LogP contribution in [0.15, 0.2) is 56.3 Å². The third-order valence-corrected chi connectivity index (χ3v) is 5.65. The highest BCUT2D eigenvalue weighted by Gasteiger charge is 2.34. The van der Waals surface area contributed by atoms with Crippen LogP contribution in [-0.4, -0.2) is 30.8 Å². The van der Waals surface area contributed by atoms with Crippen molar-refractivity contribution in [3.8, 4) is 5.88 Å². The molecule has 27 heavy (non-hydrogen) atoms. The van der Waals surface area contributed by atoms with Gasteiger partial charge in [0.15, 0.2) is 0 Å². The lowest BCUT2D eigenvalue weighted by molar-refractivity contribution is 0.0148. The molecule has 0 radical (unpaired) electrons. The molecule has 2 aromatic rings. The molecule has 1 aliphatic heterocycles. The van der Waals surface area contributed by atoms with Crippen molar-refractivity contribution in [2.24, 2.45) is 16.1 Å². The molecule has 10 nitrogen and oxygen atoms in total. The third-order valence-electron chi connectivity index (χ3n) is 4.22. The van der Waals surface area contributed by atoms with Gasteiger partial charge < -0.3 is 5.11 Å². The van der Waals surface area contributed by atoms with Gasteiger partial charge in [-0.05, 0) is 37.3 Å². The maximum Gasteiger partial charge on any atom is 0.250 e. The number of sulfonamides is 1. The van der Waals surface area contributed by atoms with Gasteiger partial charge in [0, 0.05) is 18.0 Å². The Morgan fingerprint density at radius 1 is 1.11 bits per heavy atom. The molecule has 1 aromatic heterocycles. The molecule has 144 valence electrons. The van der Waals surface area contributed by atoms with Crippen LogP contribution in [0.3, 0.4) is 0 Å². The number of aromatic hydroxyl groups is 1. The van der Waals surface area contributed by atoms with E-state index in [9.17, 15) is 18.3 Å². The molecule has 4 N–H and O–H groups in total. The fourth-order valence-electron chi connectivity index (χ4n) is 2.35. The van der Waals surface area contributed by atoms with Gasteiger partial charge >= 0.3 is 0 Å². The van der Waals surface area contributed by atoms with Crippen LogP contribution in [0.2, 0.25) is 0 Å². The van der Waals surface area contributed by atoms with Gasteiger partial charge in [0.25, 0.3) is 5.56 Å². The van der Waals surface area contributed by atoms with E-state index in [-0.39, 0.29) is 22.5 Å². The van der Waals surface area contributed by atoms with Gasteiger partial charge in [-0.15, -0.1) is 5.11 Å². The van der Waals surface area contributed by atoms with E-state index >= 15 is 0 Å². The lowest BCUT2D eigenvalue weighted by Crippen LogP contribution is -2.38. The number of pyridine rings is 1. The van der Waals surface area contributed by atoms with Gasteiger partial charge in [-0.2, -0.15) is 15.3 Å². The number of rotatable bonds is 5. The minimum Gasteiger partial charge on any atom is -0.493 e. The van der Waals surface area contributed by atoms with Crippen molar-refractivity contribution in [2.75, 3.05) is 0 Å². The van der Waals surface area contributed by atoms with E-state index in [1.807, 2.05) is 13.8 Å². The van der Waals surface area contributed by atoms with E-state index in [1.165, 1.54) is 36.4 Å². The van der Waals surface area contributed by atoms with E-state index in [4.69, 9.17) is 4.84 Å². The Kier molecular flexibility index (Phi) is 5.37. The van der Waals surface area contributed by atoms with Gasteiger partial charge in [0.1, 0.15) is 11.9 Å². The molecule has 0 aliphatic carbocycles. The fraction of sp³-hybridized carbons (Fsp3) is 0.312. The fourth-order valence-corrected chi connectivity index (χ4v) is 3.55. The van der Waals surface area contributed by atoms with Crippen LogP contribution in [0.1, 0.15) is 13.8 Å². The molecule has 1 aliphatic rings. The largest absolute Gasteiger partial charge is 0.493 e. The molecule has 2 heterocycles. The first-order valence-electron chi connectivity index (χ1n) is 8.14. The first-order valence-corrected chi connectivity index (χ1v) is 9.62. The highest BCUT2D eigenvalue weighted by atomic mass is 32.2. The third kappa shape index (κ3) is 4.39. The van der Waals surface area contributed by atoms with E-state index in [0.717, 1.165) is 0 Å². The number of aromatic nitrogens is 1. The second kappa shape index (κ2) is 7.56. The van der Waals surface area contributed by atoms with Crippen LogP contribution >= 0.6 is 0 Å². The number of H-pyrrole nitrogens is 1. The number of nitrogens with one attached hydrogen (secondary N) is 3. The summed E-state index contributed by atoms with van der Waals surface area (Å²) in [5.41, 5.74) is 2.75. The number of benzene rings is 1. The molecule has 11 heteroatoms. The van der Waals surface area contributed by atoms with Crippen molar-refractivity contribution in [2.45, 2.75) is 31.0 Å². The van der Waals surface area contributed by atoms with Gasteiger partial charge in [0.05, 0.1) is 10.6 Å². The molecule has 1 aromatic carbocycles. The first kappa shape index (κ1) is 19.2. The Labute approximate surface area is 155 Å². The summed E-state index contributed by atoms with van der Waals surface area (Å²) in [6.45, 7) is 3.78. The van der Waals surface area contributed by atoms with Crippen LogP contribution < -0.4 is 15.8 Å². The number of aromatic amines is 1. The quantitative estimate of drug-likeness (QED) is 0.568. The van der Waals surface area contributed by atoms with Crippen LogP contribution in [-0.2, 0) is 14.9 Å². The summed E-state index contributed by atoms with van der Waals surface area (Å²) in [6.07, 6.45) is -0.660. The molecular weight excluding hydrogens is 374 g/mol. The Morgan fingerprint density at radius 2 is 1.81 bits per heavy atom. The van der Waals surface area contributed by atoms with Gasteiger partial charge in [-0.25, -0.2) is 8.42 Å². The molecule has 3 atom stereocenters. The number of hydrogen-bond acceptors (Lipinski definition) is 8. The SMILES string of the molecule is CC1NOC(NS(=O)(=O)c2ccc(N=Nc3ccc(=O)[nH]c3O)cc2)C1C. The molecule has 1 saturated heterocycles. The maximum absolute atomic E-state index is 12.5. The number of hydroxylamine groups is 1. The van der Waals surface area contributed by atoms with Crippen LogP contribution in [0.25, 0.3) is 0 Å². The number of hydrogen-bond donors (Lipinski definition) is 4. The van der Waals surface area contributed by atoms with E-state index in [0.29, 0.717) is 5.69 Å². The molecule has 3 rings (SSSR count). The summed E-state index contributed by atoms with van der Waals surface area (Å²) in [4.78, 5) is 18.5. The Hall–Kier alpha value is -2.60. The summed E-state index contributed by atoms with van der Waals surface area (Å²) in [5, 5.41) is 17.3. The van der Waals surface area contributed by atoms with Crippen molar-refractivity contribution in [1.29, 1.82) is 0 Å². The molecule has 3 unspecified atom stereocenters. The predicted molar refractivity (Wildman–Crippen MR) is 96.3 cm³/mol. The van der Waals surface area contributed by atoms with Gasteiger partial charge in [-0.1, -0.05) is 6.92 Å². The zero-order valence-corrected chi connectivity index (χ0v) is 15.4. The van der Waals surface area contributed by atoms with Crippen LogP contribution in [0.4, 0.5) is 11.4 Å². The zero-order valence-electron chi connectivity index (χ0n) is 14.6. The van der Waals surface area contributed by atoms with E-state index in [1.54, 1.807) is 0 Å². The van der Waals surface area contributed by atoms with Gasteiger partial charge in [-0.3, -0.25) is 14.6 Å². The standard InChI is InChI=1S/C16H19N5O5S/c1-9-10(2)20-26-16(9)21-27(24,25)12-5-3-11(4-6-12)18-19-13-7-8-14(22)17-15(13)23/h3-10,16,20-21H,1-2H3,(H2,17,22,23). The minimum atomic E-state index is -3.76. The number of azo groups is 1. The van der Waals surface area contributed by atoms with E-state index in [2.05, 4.69) is 25.4 Å². The minimum absolute atomic E-state index is 0.0298. The molecule has 1 fully saturated rings. The highest BCUT2D eigenvalue weighted by Crippen LogP contribution is 2.25. The molecule has 0 bridgehead atoms. The van der Waals surface area contributed by atoms with E-state index < -0.39 is 27.7 Å². The average Bonchev–Trinajstić information content (AvgIpc) is 2.93. The Balaban J connectivity index is 1.72. The average molecular weight is 393 g/mol. The Morgan fingerprint density at radius 3 is 2.41 bits per heavy atom. The smallest absolute Gasteiger partial charge is 0.250 e. The second-order valence-electron chi connectivity index (χ2n) is 6.18. The highest BCUT2D eigenvalue weighted by molar-refractivity contribution is 7.89. The summed E-state index contributed by atoms with van der Waals surface area (Å²) in [6, 6.07) is 8.28. The van der Waals surface area contributed by atoms with Crippen LogP contribution in [0, 0.1) is 5.92 Å². The second-order valence-corrected chi connectivity index (χ2v) is 7.89. The molecule has 0 saturated carbocycles. The topological polar surface area (TPSA) is 145 Å². The summed E-state index contributed by atoms with van der Waals surface area (Å²) < 4.78 is 27.4. The maximum atomic E-state index is 12.5. The molecular formula is C16H19N5O5S. The summed E-state index contributed by atoms with van der Waals surface area (Å²) in [7, 11) is -3.76. The first-order chi connectivity index (χ1) is 12.8. The number of nitrogens with zero attached hydrogens (tertiary/aromatic N) is 2. The van der Waals surface area contributed by atoms with Crippen molar-refractivity contribution in [1.82, 2.24) is 15.2 Å². The van der Waals surface area contributed by atoms with Gasteiger partial charge in [0.2, 0.25) is 15.9 Å². The molecule has 0 amide bonds. The monoisotopic (exact) mass is 393 g/mol. The zero-order chi connectivity index (χ0) is 19.6. The Bertz CT molecular complexity index is 1000.